The Kier molecular flexibility index (Phi) is 7.43. The highest BCUT2D eigenvalue weighted by atomic mass is 35.5. The fraction of sp³-hybridized carbons (Fsp3) is 0.333. The molecule has 0 spiro atoms. The van der Waals surface area contributed by atoms with Crippen LogP contribution in [0.5, 0.6) is 5.75 Å². The van der Waals surface area contributed by atoms with E-state index in [0.29, 0.717) is 16.9 Å². The molecule has 8 heteroatoms. The Labute approximate surface area is 252 Å². The van der Waals surface area contributed by atoms with Crippen molar-refractivity contribution in [3.8, 4) is 11.4 Å². The van der Waals surface area contributed by atoms with Gasteiger partial charge in [0.1, 0.15) is 5.75 Å². The van der Waals surface area contributed by atoms with Crippen LogP contribution in [0.4, 0.5) is 11.4 Å². The van der Waals surface area contributed by atoms with Crippen molar-refractivity contribution < 1.29 is 5.11 Å². The molecule has 6 nitrogen and oxygen atoms in total. The summed E-state index contributed by atoms with van der Waals surface area (Å²) < 4.78 is 2.11. The monoisotopic (exact) mass is 585 g/mol. The number of pyridine rings is 1. The van der Waals surface area contributed by atoms with Gasteiger partial charge in [-0.05, 0) is 98.4 Å². The van der Waals surface area contributed by atoms with Gasteiger partial charge in [0.25, 0.3) is 0 Å². The van der Waals surface area contributed by atoms with E-state index in [4.69, 9.17) is 28.8 Å². The third-order valence-corrected chi connectivity index (χ3v) is 9.05. The molecule has 2 saturated heterocycles. The third-order valence-electron chi connectivity index (χ3n) is 8.43. The molecule has 0 unspecified atom stereocenters. The third kappa shape index (κ3) is 5.06. The minimum absolute atomic E-state index is 0.177. The number of para-hydroxylation sites is 2. The molecule has 0 aliphatic carbocycles. The molecule has 0 amide bonds. The predicted molar refractivity (Wildman–Crippen MR) is 171 cm³/mol. The minimum atomic E-state index is -0.180. The van der Waals surface area contributed by atoms with Crippen LogP contribution in [-0.4, -0.2) is 32.9 Å². The van der Waals surface area contributed by atoms with Crippen LogP contribution in [-0.2, 0) is 0 Å². The number of piperidine rings is 1. The highest BCUT2D eigenvalue weighted by molar-refractivity contribution is 7.80. The second-order valence-corrected chi connectivity index (χ2v) is 12.4. The van der Waals surface area contributed by atoms with E-state index in [1.54, 1.807) is 6.07 Å². The second kappa shape index (κ2) is 11.0. The summed E-state index contributed by atoms with van der Waals surface area (Å²) in [5.74, 6) is 1.50. The Morgan fingerprint density at radius 1 is 0.951 bits per heavy atom. The molecule has 4 atom stereocenters. The number of anilines is 2. The summed E-state index contributed by atoms with van der Waals surface area (Å²) in [7, 11) is 0. The largest absolute Gasteiger partial charge is 0.506 e. The van der Waals surface area contributed by atoms with E-state index in [2.05, 4.69) is 65.6 Å². The van der Waals surface area contributed by atoms with E-state index < -0.39 is 0 Å². The Morgan fingerprint density at radius 3 is 2.37 bits per heavy atom. The summed E-state index contributed by atoms with van der Waals surface area (Å²) in [5.41, 5.74) is 6.83. The number of aromatic hydroxyl groups is 1. The highest BCUT2D eigenvalue weighted by Gasteiger charge is 2.42. The smallest absolute Gasteiger partial charge is 0.174 e. The molecule has 4 aromatic rings. The summed E-state index contributed by atoms with van der Waals surface area (Å²) in [6.45, 7) is 10.8. The van der Waals surface area contributed by atoms with Crippen LogP contribution in [0.2, 0.25) is 5.02 Å². The van der Waals surface area contributed by atoms with Gasteiger partial charge in [-0.25, -0.2) is 0 Å². The Hall–Kier alpha value is -3.55. The molecule has 2 aliphatic heterocycles. The van der Waals surface area contributed by atoms with Gasteiger partial charge in [-0.15, -0.1) is 0 Å². The van der Waals surface area contributed by atoms with Gasteiger partial charge in [-0.2, -0.15) is 0 Å². The summed E-state index contributed by atoms with van der Waals surface area (Å²) >= 11 is 13.0. The Morgan fingerprint density at radius 2 is 1.68 bits per heavy atom. The topological polar surface area (TPSA) is 56.6 Å². The molecule has 0 saturated carbocycles. The first-order chi connectivity index (χ1) is 19.7. The number of rotatable bonds is 5. The molecule has 0 radical (unpaired) electrons. The molecule has 2 aliphatic rings. The van der Waals surface area contributed by atoms with Crippen LogP contribution in [0.15, 0.2) is 72.9 Å². The number of benzene rings is 2. The lowest BCUT2D eigenvalue weighted by Crippen LogP contribution is -2.38. The van der Waals surface area contributed by atoms with E-state index in [-0.39, 0.29) is 17.8 Å². The van der Waals surface area contributed by atoms with Crippen LogP contribution in [0.1, 0.15) is 55.0 Å². The molecule has 41 heavy (non-hydrogen) atoms. The number of phenolic OH excluding ortho intramolecular Hbond substituents is 1. The Bertz CT molecular complexity index is 1580. The lowest BCUT2D eigenvalue weighted by Gasteiger charge is -2.37. The van der Waals surface area contributed by atoms with Crippen LogP contribution < -0.4 is 15.1 Å². The van der Waals surface area contributed by atoms with Crippen molar-refractivity contribution in [3.63, 3.8) is 0 Å². The average molecular weight is 586 g/mol. The van der Waals surface area contributed by atoms with Crippen molar-refractivity contribution in [2.45, 2.75) is 46.2 Å². The highest BCUT2D eigenvalue weighted by Crippen LogP contribution is 2.45. The molecule has 0 bridgehead atoms. The first kappa shape index (κ1) is 27.6. The number of nitrogens with one attached hydrogen (secondary N) is 1. The van der Waals surface area contributed by atoms with Crippen molar-refractivity contribution in [2.75, 3.05) is 22.9 Å². The molecular weight excluding hydrogens is 550 g/mol. The SMILES string of the molecule is Cc1cc([C@@H]2[C@H](c3ccccn3)NC(=S)N2c2ccc(N3C[C@H](C)C[C@@H](C)C3)c(Cl)c2)c(C)n1-c1ccccc1O. The fourth-order valence-electron chi connectivity index (χ4n) is 6.82. The normalized spacial score (nSPS) is 22.7. The first-order valence-electron chi connectivity index (χ1n) is 14.2. The maximum absolute atomic E-state index is 10.7. The maximum atomic E-state index is 10.7. The van der Waals surface area contributed by atoms with Crippen molar-refractivity contribution >= 4 is 40.3 Å². The van der Waals surface area contributed by atoms with Gasteiger partial charge < -0.3 is 24.8 Å². The van der Waals surface area contributed by atoms with Crippen LogP contribution in [0, 0.1) is 25.7 Å². The number of aryl methyl sites for hydroxylation is 1. The van der Waals surface area contributed by atoms with Crippen LogP contribution in [0.3, 0.4) is 0 Å². The van der Waals surface area contributed by atoms with E-state index in [0.717, 1.165) is 57.8 Å². The molecule has 2 aromatic carbocycles. The summed E-state index contributed by atoms with van der Waals surface area (Å²) in [5, 5.41) is 15.6. The lowest BCUT2D eigenvalue weighted by atomic mass is 9.91. The van der Waals surface area contributed by atoms with Gasteiger partial charge >= 0.3 is 0 Å². The minimum Gasteiger partial charge on any atom is -0.506 e. The van der Waals surface area contributed by atoms with Gasteiger partial charge in [-0.3, -0.25) is 4.98 Å². The van der Waals surface area contributed by atoms with E-state index in [9.17, 15) is 5.11 Å². The van der Waals surface area contributed by atoms with Gasteiger partial charge in [0.05, 0.1) is 34.2 Å². The number of hydrogen-bond donors (Lipinski definition) is 2. The number of thiocarbonyl (C=S) groups is 1. The second-order valence-electron chi connectivity index (χ2n) is 11.6. The van der Waals surface area contributed by atoms with E-state index in [1.807, 2.05) is 48.7 Å². The van der Waals surface area contributed by atoms with Gasteiger partial charge in [0, 0.05) is 36.4 Å². The van der Waals surface area contributed by atoms with Crippen LogP contribution in [0.25, 0.3) is 5.69 Å². The van der Waals surface area contributed by atoms with Crippen LogP contribution >= 0.6 is 23.8 Å². The molecule has 2 fully saturated rings. The number of nitrogens with zero attached hydrogens (tertiary/aromatic N) is 4. The Balaban J connectivity index is 1.45. The number of aromatic nitrogens is 2. The zero-order chi connectivity index (χ0) is 28.8. The van der Waals surface area contributed by atoms with Crippen molar-refractivity contribution in [1.82, 2.24) is 14.9 Å². The predicted octanol–water partition coefficient (Wildman–Crippen LogP) is 7.51. The summed E-state index contributed by atoms with van der Waals surface area (Å²) in [6.07, 6.45) is 3.06. The molecule has 6 rings (SSSR count). The molecule has 212 valence electrons. The number of halogens is 1. The average Bonchev–Trinajstić information content (AvgIpc) is 3.43. The van der Waals surface area contributed by atoms with Crippen molar-refractivity contribution in [1.29, 1.82) is 0 Å². The molecule has 4 heterocycles. The molecule has 2 aromatic heterocycles. The van der Waals surface area contributed by atoms with Gasteiger partial charge in [0.15, 0.2) is 5.11 Å². The zero-order valence-corrected chi connectivity index (χ0v) is 25.5. The molecular formula is C33H36ClN5OS. The first-order valence-corrected chi connectivity index (χ1v) is 15.0. The standard InChI is InChI=1S/C33H36ClN5OS/c1-20-15-21(2)19-37(18-20)28-13-12-24(17-26(28)34)39-32(31(36-33(39)41)27-9-7-8-14-35-27)25-16-22(3)38(23(25)4)29-10-5-6-11-30(29)40/h5-14,16-17,20-21,31-32,40H,15,18-19H2,1-4H3,(H,36,41)/t20-,21-,31+,32-/m1/s1. The van der Waals surface area contributed by atoms with E-state index in [1.165, 1.54) is 6.42 Å². The summed E-state index contributed by atoms with van der Waals surface area (Å²) in [4.78, 5) is 9.29. The number of phenols is 1. The van der Waals surface area contributed by atoms with Gasteiger partial charge in [-0.1, -0.05) is 43.6 Å². The number of hydrogen-bond acceptors (Lipinski definition) is 4. The zero-order valence-electron chi connectivity index (χ0n) is 23.9. The molecule has 2 N–H and O–H groups in total. The summed E-state index contributed by atoms with van der Waals surface area (Å²) in [6, 6.07) is 21.6. The van der Waals surface area contributed by atoms with Crippen molar-refractivity contribution in [2.24, 2.45) is 11.8 Å². The fourth-order valence-corrected chi connectivity index (χ4v) is 7.46. The van der Waals surface area contributed by atoms with Gasteiger partial charge in [0.2, 0.25) is 0 Å². The quantitative estimate of drug-likeness (QED) is 0.236. The lowest BCUT2D eigenvalue weighted by molar-refractivity contribution is 0.357. The van der Waals surface area contributed by atoms with Crippen molar-refractivity contribution in [3.05, 3.63) is 101 Å². The van der Waals surface area contributed by atoms with E-state index >= 15 is 0 Å². The maximum Gasteiger partial charge on any atom is 0.174 e.